The molecule has 1 aromatic rings. The molecular formula is C13H22AlN. The Morgan fingerprint density at radius 3 is 2.40 bits per heavy atom. The smallest absolute Gasteiger partial charge is 0.411 e. The lowest BCUT2D eigenvalue weighted by Gasteiger charge is -2.12. The molecule has 0 amide bonds. The zero-order valence-corrected chi connectivity index (χ0v) is 11.2. The van der Waals surface area contributed by atoms with Crippen molar-refractivity contribution in [3.63, 3.8) is 0 Å². The van der Waals surface area contributed by atoms with Gasteiger partial charge in [0.2, 0.25) is 0 Å². The minimum Gasteiger partial charge on any atom is -0.476 e. The molecule has 0 saturated heterocycles. The zero-order valence-electron chi connectivity index (χ0n) is 10.00. The molecule has 0 aromatic heterocycles. The number of hydrogen-bond acceptors (Lipinski definition) is 1. The van der Waals surface area contributed by atoms with Crippen LogP contribution < -0.4 is 4.30 Å². The molecule has 0 radical (unpaired) electrons. The number of rotatable bonds is 7. The van der Waals surface area contributed by atoms with Crippen molar-refractivity contribution >= 4 is 20.1 Å². The molecule has 2 heteroatoms. The first-order valence-corrected chi connectivity index (χ1v) is 8.39. The first kappa shape index (κ1) is 12.6. The summed E-state index contributed by atoms with van der Waals surface area (Å²) in [5.41, 5.74) is 1.31. The largest absolute Gasteiger partial charge is 0.476 e. The molecule has 0 unspecified atom stereocenters. The molecule has 1 rings (SSSR count). The maximum Gasteiger partial charge on any atom is 0.411 e. The van der Waals surface area contributed by atoms with E-state index in [-0.39, 0.29) is 0 Å². The average Bonchev–Trinajstić information content (AvgIpc) is 2.29. The highest BCUT2D eigenvalue weighted by Gasteiger charge is 2.15. The van der Waals surface area contributed by atoms with E-state index in [2.05, 4.69) is 48.5 Å². The van der Waals surface area contributed by atoms with Gasteiger partial charge in [0, 0.05) is 5.69 Å². The van der Waals surface area contributed by atoms with Gasteiger partial charge >= 0.3 is 14.4 Å². The molecule has 0 aliphatic heterocycles. The maximum atomic E-state index is 3.73. The van der Waals surface area contributed by atoms with E-state index in [1.54, 1.807) is 0 Å². The first-order chi connectivity index (χ1) is 7.36. The minimum absolute atomic E-state index is 0.721. The van der Waals surface area contributed by atoms with Crippen LogP contribution in [0.3, 0.4) is 0 Å². The van der Waals surface area contributed by atoms with Gasteiger partial charge in [-0.15, -0.1) is 0 Å². The Kier molecular flexibility index (Phi) is 6.56. The van der Waals surface area contributed by atoms with E-state index < -0.39 is 14.4 Å². The molecule has 0 aliphatic carbocycles. The van der Waals surface area contributed by atoms with Gasteiger partial charge in [0.1, 0.15) is 0 Å². The molecule has 1 nitrogen and oxygen atoms in total. The number of unbranched alkanes of at least 4 members (excludes halogenated alkanes) is 2. The Labute approximate surface area is 98.5 Å². The molecular weight excluding hydrogens is 197 g/mol. The molecule has 0 fully saturated rings. The number of benzene rings is 1. The summed E-state index contributed by atoms with van der Waals surface area (Å²) in [6, 6.07) is 10.6. The predicted molar refractivity (Wildman–Crippen MR) is 70.6 cm³/mol. The lowest BCUT2D eigenvalue weighted by molar-refractivity contribution is 0.765. The lowest BCUT2D eigenvalue weighted by Crippen LogP contribution is -2.23. The number of hydrogen-bond donors (Lipinski definition) is 1. The molecule has 0 saturated carbocycles. The SMILES string of the molecule is CCCC[CH2][Al]([CH2]C)[NH]c1ccccc1. The van der Waals surface area contributed by atoms with E-state index in [0.29, 0.717) is 0 Å². The number of para-hydroxylation sites is 1. The Morgan fingerprint density at radius 1 is 1.07 bits per heavy atom. The molecule has 0 bridgehead atoms. The normalized spacial score (nSPS) is 10.0. The highest BCUT2D eigenvalue weighted by atomic mass is 27.2. The summed E-state index contributed by atoms with van der Waals surface area (Å²) in [7, 11) is 0. The van der Waals surface area contributed by atoms with Crippen molar-refractivity contribution in [3.05, 3.63) is 30.3 Å². The van der Waals surface area contributed by atoms with Crippen molar-refractivity contribution in [1.82, 2.24) is 0 Å². The summed E-state index contributed by atoms with van der Waals surface area (Å²) in [4.78, 5) is 0. The fraction of sp³-hybridized carbons (Fsp3) is 0.538. The Balaban J connectivity index is 2.33. The van der Waals surface area contributed by atoms with Crippen LogP contribution in [-0.2, 0) is 0 Å². The third-order valence-corrected chi connectivity index (χ3v) is 5.63. The van der Waals surface area contributed by atoms with Gasteiger partial charge in [-0.1, -0.05) is 61.9 Å². The average molecular weight is 219 g/mol. The van der Waals surface area contributed by atoms with E-state index in [0.717, 1.165) is 0 Å². The van der Waals surface area contributed by atoms with Crippen molar-refractivity contribution in [2.75, 3.05) is 4.30 Å². The van der Waals surface area contributed by atoms with Crippen LogP contribution in [0.1, 0.15) is 33.1 Å². The van der Waals surface area contributed by atoms with Crippen LogP contribution in [0, 0.1) is 0 Å². The van der Waals surface area contributed by atoms with Gasteiger partial charge < -0.3 is 4.30 Å². The van der Waals surface area contributed by atoms with Crippen LogP contribution in [0.15, 0.2) is 30.3 Å². The Hall–Kier alpha value is -0.448. The van der Waals surface area contributed by atoms with Gasteiger partial charge in [0.15, 0.2) is 0 Å². The summed E-state index contributed by atoms with van der Waals surface area (Å²) in [5.74, 6) is 0. The van der Waals surface area contributed by atoms with E-state index in [9.17, 15) is 0 Å². The van der Waals surface area contributed by atoms with Crippen LogP contribution in [0.25, 0.3) is 0 Å². The molecule has 0 heterocycles. The van der Waals surface area contributed by atoms with Crippen molar-refractivity contribution in [2.45, 2.75) is 43.7 Å². The van der Waals surface area contributed by atoms with E-state index in [1.807, 2.05) is 0 Å². The third-order valence-electron chi connectivity index (χ3n) is 2.79. The molecule has 15 heavy (non-hydrogen) atoms. The summed E-state index contributed by atoms with van der Waals surface area (Å²) >= 11 is -0.721. The Morgan fingerprint density at radius 2 is 1.80 bits per heavy atom. The van der Waals surface area contributed by atoms with Gasteiger partial charge in [-0.05, 0) is 12.1 Å². The fourth-order valence-electron chi connectivity index (χ4n) is 1.79. The van der Waals surface area contributed by atoms with Gasteiger partial charge in [0.05, 0.1) is 0 Å². The van der Waals surface area contributed by atoms with Crippen LogP contribution in [0.2, 0.25) is 10.6 Å². The van der Waals surface area contributed by atoms with Crippen molar-refractivity contribution in [1.29, 1.82) is 0 Å². The quantitative estimate of drug-likeness (QED) is 0.532. The summed E-state index contributed by atoms with van der Waals surface area (Å²) < 4.78 is 3.73. The standard InChI is InChI=1S/C6H6N.C5H11.C2H5.Al/c7-6-4-2-1-3-5-6;1-3-5-4-2;1-2;/h1-5,7H;1,3-5H2,2H3;1H2,2H3;/q-1;;;+1. The summed E-state index contributed by atoms with van der Waals surface area (Å²) in [6.45, 7) is 4.59. The van der Waals surface area contributed by atoms with Crippen LogP contribution in [0.4, 0.5) is 5.69 Å². The fourth-order valence-corrected chi connectivity index (χ4v) is 3.99. The van der Waals surface area contributed by atoms with Gasteiger partial charge in [-0.3, -0.25) is 0 Å². The highest BCUT2D eigenvalue weighted by molar-refractivity contribution is 6.62. The Bertz CT molecular complexity index is 248. The van der Waals surface area contributed by atoms with E-state index in [1.165, 1.54) is 35.5 Å². The highest BCUT2D eigenvalue weighted by Crippen LogP contribution is 2.12. The minimum atomic E-state index is -0.721. The van der Waals surface area contributed by atoms with Gasteiger partial charge in [-0.25, -0.2) is 0 Å². The molecule has 1 aromatic carbocycles. The zero-order chi connectivity index (χ0) is 10.9. The molecule has 0 atom stereocenters. The topological polar surface area (TPSA) is 12.0 Å². The monoisotopic (exact) mass is 219 g/mol. The molecule has 0 aliphatic rings. The van der Waals surface area contributed by atoms with Gasteiger partial charge in [-0.2, -0.15) is 0 Å². The third kappa shape index (κ3) is 5.25. The predicted octanol–water partition coefficient (Wildman–Crippen LogP) is 4.30. The van der Waals surface area contributed by atoms with Gasteiger partial charge in [0.25, 0.3) is 0 Å². The molecule has 1 N–H and O–H groups in total. The number of anilines is 1. The molecule has 82 valence electrons. The maximum absolute atomic E-state index is 3.73. The number of nitrogens with one attached hydrogen (secondary N) is 1. The van der Waals surface area contributed by atoms with Crippen molar-refractivity contribution < 1.29 is 0 Å². The lowest BCUT2D eigenvalue weighted by atomic mass is 10.3. The summed E-state index contributed by atoms with van der Waals surface area (Å²) in [5, 5.41) is 2.78. The second kappa shape index (κ2) is 7.79. The van der Waals surface area contributed by atoms with Crippen molar-refractivity contribution in [2.24, 2.45) is 0 Å². The first-order valence-electron chi connectivity index (χ1n) is 6.18. The van der Waals surface area contributed by atoms with E-state index in [4.69, 9.17) is 0 Å². The van der Waals surface area contributed by atoms with Crippen LogP contribution in [-0.4, -0.2) is 14.4 Å². The second-order valence-electron chi connectivity index (χ2n) is 4.11. The van der Waals surface area contributed by atoms with Crippen LogP contribution >= 0.6 is 0 Å². The summed E-state index contributed by atoms with van der Waals surface area (Å²) in [6.07, 6.45) is 4.12. The van der Waals surface area contributed by atoms with Crippen LogP contribution in [0.5, 0.6) is 0 Å². The van der Waals surface area contributed by atoms with Crippen molar-refractivity contribution in [3.8, 4) is 0 Å². The van der Waals surface area contributed by atoms with E-state index >= 15 is 0 Å². The molecule has 0 spiro atoms. The second-order valence-corrected chi connectivity index (χ2v) is 7.19.